The standard InChI is InChI=1S/C19H23N3O3S/c23-19(15-22-12-5-2-6-13-22)20-17-10-7-11-18(14-17)26(24,25)21-16-8-3-1-4-9-16/h1,3-4,7-11,14,21H,2,5-6,12-13,15H2,(H,20,23). The Morgan fingerprint density at radius 2 is 1.62 bits per heavy atom. The Bertz CT molecular complexity index is 847. The van der Waals surface area contributed by atoms with Crippen LogP contribution in [0.5, 0.6) is 0 Å². The van der Waals surface area contributed by atoms with Crippen LogP contribution in [0, 0.1) is 0 Å². The summed E-state index contributed by atoms with van der Waals surface area (Å²) in [6.07, 6.45) is 3.45. The molecule has 1 saturated heterocycles. The molecular weight excluding hydrogens is 350 g/mol. The molecule has 0 aliphatic carbocycles. The third-order valence-electron chi connectivity index (χ3n) is 4.27. The van der Waals surface area contributed by atoms with Crippen molar-refractivity contribution in [1.29, 1.82) is 0 Å². The highest BCUT2D eigenvalue weighted by atomic mass is 32.2. The number of sulfonamides is 1. The molecule has 0 saturated carbocycles. The fraction of sp³-hybridized carbons (Fsp3) is 0.316. The summed E-state index contributed by atoms with van der Waals surface area (Å²) >= 11 is 0. The molecule has 1 aliphatic rings. The van der Waals surface area contributed by atoms with Crippen molar-refractivity contribution < 1.29 is 13.2 Å². The topological polar surface area (TPSA) is 78.5 Å². The van der Waals surface area contributed by atoms with Crippen molar-refractivity contribution >= 4 is 27.3 Å². The van der Waals surface area contributed by atoms with E-state index in [1.54, 1.807) is 36.4 Å². The lowest BCUT2D eigenvalue weighted by Gasteiger charge is -2.25. The highest BCUT2D eigenvalue weighted by molar-refractivity contribution is 7.92. The van der Waals surface area contributed by atoms with Gasteiger partial charge in [-0.15, -0.1) is 0 Å². The normalized spacial score (nSPS) is 15.4. The molecule has 1 aliphatic heterocycles. The van der Waals surface area contributed by atoms with Crippen LogP contribution in [0.15, 0.2) is 59.5 Å². The Labute approximate surface area is 154 Å². The zero-order valence-corrected chi connectivity index (χ0v) is 15.3. The van der Waals surface area contributed by atoms with E-state index in [2.05, 4.69) is 14.9 Å². The molecule has 0 radical (unpaired) electrons. The number of hydrogen-bond acceptors (Lipinski definition) is 4. The van der Waals surface area contributed by atoms with Crippen LogP contribution in [0.2, 0.25) is 0 Å². The van der Waals surface area contributed by atoms with Gasteiger partial charge < -0.3 is 5.32 Å². The number of rotatable bonds is 6. The predicted molar refractivity (Wildman–Crippen MR) is 103 cm³/mol. The van der Waals surface area contributed by atoms with Crippen molar-refractivity contribution in [2.24, 2.45) is 0 Å². The summed E-state index contributed by atoms with van der Waals surface area (Å²) in [4.78, 5) is 14.4. The van der Waals surface area contributed by atoms with Crippen LogP contribution in [0.3, 0.4) is 0 Å². The zero-order valence-electron chi connectivity index (χ0n) is 14.5. The second-order valence-electron chi connectivity index (χ2n) is 6.38. The Hall–Kier alpha value is -2.38. The van der Waals surface area contributed by atoms with Crippen LogP contribution in [-0.2, 0) is 14.8 Å². The molecule has 0 unspecified atom stereocenters. The maximum absolute atomic E-state index is 12.5. The van der Waals surface area contributed by atoms with E-state index in [-0.39, 0.29) is 10.8 Å². The van der Waals surface area contributed by atoms with E-state index >= 15 is 0 Å². The van der Waals surface area contributed by atoms with Gasteiger partial charge >= 0.3 is 0 Å². The van der Waals surface area contributed by atoms with E-state index in [1.807, 2.05) is 6.07 Å². The summed E-state index contributed by atoms with van der Waals surface area (Å²) in [6.45, 7) is 2.20. The number of carbonyl (C=O) groups is 1. The first-order valence-corrected chi connectivity index (χ1v) is 10.2. The number of benzene rings is 2. The van der Waals surface area contributed by atoms with Gasteiger partial charge in [-0.3, -0.25) is 14.4 Å². The molecule has 2 N–H and O–H groups in total. The van der Waals surface area contributed by atoms with Crippen LogP contribution in [0.1, 0.15) is 19.3 Å². The van der Waals surface area contributed by atoms with Crippen LogP contribution in [0.4, 0.5) is 11.4 Å². The fourth-order valence-corrected chi connectivity index (χ4v) is 4.09. The average molecular weight is 373 g/mol. The van der Waals surface area contributed by atoms with Gasteiger partial charge in [0.15, 0.2) is 0 Å². The molecule has 1 heterocycles. The summed E-state index contributed by atoms with van der Waals surface area (Å²) < 4.78 is 27.6. The number of nitrogens with one attached hydrogen (secondary N) is 2. The number of piperidine rings is 1. The molecular formula is C19H23N3O3S. The van der Waals surface area contributed by atoms with Crippen molar-refractivity contribution in [3.63, 3.8) is 0 Å². The number of likely N-dealkylation sites (tertiary alicyclic amines) is 1. The number of nitrogens with zero attached hydrogens (tertiary/aromatic N) is 1. The van der Waals surface area contributed by atoms with E-state index < -0.39 is 10.0 Å². The molecule has 0 aromatic heterocycles. The molecule has 2 aromatic rings. The molecule has 0 bridgehead atoms. The number of anilines is 2. The van der Waals surface area contributed by atoms with Crippen LogP contribution < -0.4 is 10.0 Å². The molecule has 1 amide bonds. The van der Waals surface area contributed by atoms with E-state index in [0.29, 0.717) is 17.9 Å². The van der Waals surface area contributed by atoms with Crippen LogP contribution in [-0.4, -0.2) is 38.9 Å². The van der Waals surface area contributed by atoms with E-state index in [4.69, 9.17) is 0 Å². The highest BCUT2D eigenvalue weighted by Crippen LogP contribution is 2.19. The SMILES string of the molecule is O=C(CN1CCCCC1)Nc1cccc(S(=O)(=O)Nc2ccccc2)c1. The molecule has 1 fully saturated rings. The number of para-hydroxylation sites is 1. The summed E-state index contributed by atoms with van der Waals surface area (Å²) in [5, 5.41) is 2.79. The Balaban J connectivity index is 1.66. The lowest BCUT2D eigenvalue weighted by Crippen LogP contribution is -2.36. The second-order valence-corrected chi connectivity index (χ2v) is 8.07. The van der Waals surface area contributed by atoms with Gasteiger partial charge in [-0.05, 0) is 56.3 Å². The lowest BCUT2D eigenvalue weighted by atomic mass is 10.1. The van der Waals surface area contributed by atoms with Gasteiger partial charge in [0, 0.05) is 11.4 Å². The maximum atomic E-state index is 12.5. The van der Waals surface area contributed by atoms with Crippen molar-refractivity contribution in [2.45, 2.75) is 24.2 Å². The predicted octanol–water partition coefficient (Wildman–Crippen LogP) is 2.91. The number of amides is 1. The summed E-state index contributed by atoms with van der Waals surface area (Å²) in [5.41, 5.74) is 0.968. The quantitative estimate of drug-likeness (QED) is 0.816. The molecule has 3 rings (SSSR count). The molecule has 0 spiro atoms. The van der Waals surface area contributed by atoms with Gasteiger partial charge in [0.2, 0.25) is 5.91 Å². The number of hydrogen-bond donors (Lipinski definition) is 2. The van der Waals surface area contributed by atoms with Gasteiger partial charge in [0.05, 0.1) is 11.4 Å². The van der Waals surface area contributed by atoms with Gasteiger partial charge in [-0.25, -0.2) is 8.42 Å². The Kier molecular flexibility index (Phi) is 5.90. The van der Waals surface area contributed by atoms with E-state index in [9.17, 15) is 13.2 Å². The summed E-state index contributed by atoms with van der Waals surface area (Å²) in [7, 11) is -3.71. The fourth-order valence-electron chi connectivity index (χ4n) is 2.98. The van der Waals surface area contributed by atoms with Crippen LogP contribution in [0.25, 0.3) is 0 Å². The van der Waals surface area contributed by atoms with Gasteiger partial charge in [-0.1, -0.05) is 30.7 Å². The maximum Gasteiger partial charge on any atom is 0.261 e. The van der Waals surface area contributed by atoms with E-state index in [1.165, 1.54) is 18.6 Å². The van der Waals surface area contributed by atoms with Crippen molar-refractivity contribution in [3.8, 4) is 0 Å². The first-order chi connectivity index (χ1) is 12.5. The molecule has 7 heteroatoms. The first kappa shape index (κ1) is 18.4. The molecule has 6 nitrogen and oxygen atoms in total. The zero-order chi connectivity index (χ0) is 18.4. The third-order valence-corrected chi connectivity index (χ3v) is 5.65. The minimum Gasteiger partial charge on any atom is -0.325 e. The Morgan fingerprint density at radius 3 is 2.35 bits per heavy atom. The third kappa shape index (κ3) is 5.06. The highest BCUT2D eigenvalue weighted by Gasteiger charge is 2.17. The molecule has 26 heavy (non-hydrogen) atoms. The summed E-state index contributed by atoms with van der Waals surface area (Å²) in [6, 6.07) is 15.0. The van der Waals surface area contributed by atoms with Gasteiger partial charge in [0.1, 0.15) is 0 Å². The number of carbonyl (C=O) groups excluding carboxylic acids is 1. The largest absolute Gasteiger partial charge is 0.325 e. The minimum atomic E-state index is -3.71. The summed E-state index contributed by atoms with van der Waals surface area (Å²) in [5.74, 6) is -0.127. The Morgan fingerprint density at radius 1 is 0.923 bits per heavy atom. The lowest BCUT2D eigenvalue weighted by molar-refractivity contribution is -0.117. The average Bonchev–Trinajstić information content (AvgIpc) is 2.63. The van der Waals surface area contributed by atoms with Crippen LogP contribution >= 0.6 is 0 Å². The van der Waals surface area contributed by atoms with E-state index in [0.717, 1.165) is 25.9 Å². The second kappa shape index (κ2) is 8.33. The monoisotopic (exact) mass is 373 g/mol. The first-order valence-electron chi connectivity index (χ1n) is 8.73. The molecule has 2 aromatic carbocycles. The molecule has 0 atom stereocenters. The van der Waals surface area contributed by atoms with Gasteiger partial charge in [0.25, 0.3) is 10.0 Å². The molecule has 138 valence electrons. The van der Waals surface area contributed by atoms with Gasteiger partial charge in [-0.2, -0.15) is 0 Å². The minimum absolute atomic E-state index is 0.108. The van der Waals surface area contributed by atoms with Crippen molar-refractivity contribution in [3.05, 3.63) is 54.6 Å². The smallest absolute Gasteiger partial charge is 0.261 e. The van der Waals surface area contributed by atoms with Crippen molar-refractivity contribution in [2.75, 3.05) is 29.7 Å². The van der Waals surface area contributed by atoms with Crippen molar-refractivity contribution in [1.82, 2.24) is 4.90 Å².